The van der Waals surface area contributed by atoms with E-state index in [1.165, 1.54) is 36.6 Å². The molecule has 10 nitrogen and oxygen atoms in total. The quantitative estimate of drug-likeness (QED) is 0.517. The fourth-order valence-corrected chi connectivity index (χ4v) is 3.31. The molecule has 0 saturated heterocycles. The molecule has 0 bridgehead atoms. The number of nitrogens with one attached hydrogen (secondary N) is 1. The van der Waals surface area contributed by atoms with E-state index in [4.69, 9.17) is 0 Å². The molecule has 1 unspecified atom stereocenters. The van der Waals surface area contributed by atoms with E-state index in [1.807, 2.05) is 0 Å². The van der Waals surface area contributed by atoms with Crippen LogP contribution in [0, 0.1) is 0 Å². The van der Waals surface area contributed by atoms with E-state index in [0.717, 1.165) is 18.9 Å². The summed E-state index contributed by atoms with van der Waals surface area (Å²) in [4.78, 5) is 36.6. The second-order valence-electron chi connectivity index (χ2n) is 7.59. The number of carbonyl (C=O) groups is 2. The van der Waals surface area contributed by atoms with Gasteiger partial charge >= 0.3 is 12.3 Å². The molecular weight excluding hydrogens is 457 g/mol. The topological polar surface area (TPSA) is 121 Å². The number of esters is 1. The Balaban J connectivity index is 1.54. The van der Waals surface area contributed by atoms with Crippen LogP contribution in [0.15, 0.2) is 36.9 Å². The maximum absolute atomic E-state index is 12.9. The number of benzene rings is 1. The summed E-state index contributed by atoms with van der Waals surface area (Å²) in [5, 5.41) is 6.78. The number of alkyl halides is 3. The third kappa shape index (κ3) is 5.30. The first kappa shape index (κ1) is 23.1. The maximum Gasteiger partial charge on any atom is 0.573 e. The zero-order chi connectivity index (χ0) is 24.5. The van der Waals surface area contributed by atoms with E-state index in [9.17, 15) is 22.8 Å². The lowest BCUT2D eigenvalue weighted by molar-refractivity contribution is -0.274. The fraction of sp³-hybridized carbons (Fsp3) is 0.333. The Kier molecular flexibility index (Phi) is 6.18. The molecule has 34 heavy (non-hydrogen) atoms. The van der Waals surface area contributed by atoms with Crippen LogP contribution in [0.2, 0.25) is 0 Å². The van der Waals surface area contributed by atoms with Crippen molar-refractivity contribution in [2.75, 3.05) is 7.11 Å². The minimum atomic E-state index is -4.87. The van der Waals surface area contributed by atoms with Gasteiger partial charge in [0.2, 0.25) is 0 Å². The molecule has 2 aromatic heterocycles. The molecule has 1 atom stereocenters. The third-order valence-electron chi connectivity index (χ3n) is 5.03. The normalized spacial score (nSPS) is 14.4. The highest BCUT2D eigenvalue weighted by molar-refractivity contribution is 5.95. The van der Waals surface area contributed by atoms with Gasteiger partial charge in [-0.3, -0.25) is 4.79 Å². The summed E-state index contributed by atoms with van der Waals surface area (Å²) in [6.45, 7) is 1.63. The van der Waals surface area contributed by atoms with Crippen molar-refractivity contribution in [2.24, 2.45) is 0 Å². The number of ether oxygens (including phenoxy) is 2. The molecule has 178 valence electrons. The van der Waals surface area contributed by atoms with E-state index in [2.05, 4.69) is 34.8 Å². The second-order valence-corrected chi connectivity index (χ2v) is 7.59. The third-order valence-corrected chi connectivity index (χ3v) is 5.03. The summed E-state index contributed by atoms with van der Waals surface area (Å²) in [6, 6.07) is 3.21. The lowest BCUT2D eigenvalue weighted by Crippen LogP contribution is -2.29. The van der Waals surface area contributed by atoms with Gasteiger partial charge in [0.1, 0.15) is 12.1 Å². The molecule has 1 aliphatic carbocycles. The van der Waals surface area contributed by atoms with Crippen molar-refractivity contribution < 1.29 is 32.2 Å². The smallest absolute Gasteiger partial charge is 0.464 e. The van der Waals surface area contributed by atoms with Gasteiger partial charge in [0.05, 0.1) is 25.5 Å². The van der Waals surface area contributed by atoms with Crippen LogP contribution in [-0.4, -0.2) is 50.1 Å². The lowest BCUT2D eigenvalue weighted by atomic mass is 10.1. The molecular formula is C21H19F3N6O4. The molecule has 2 heterocycles. The van der Waals surface area contributed by atoms with Crippen LogP contribution >= 0.6 is 0 Å². The van der Waals surface area contributed by atoms with E-state index >= 15 is 0 Å². The van der Waals surface area contributed by atoms with Crippen molar-refractivity contribution in [1.82, 2.24) is 30.0 Å². The highest BCUT2D eigenvalue weighted by Crippen LogP contribution is 2.42. The van der Waals surface area contributed by atoms with Crippen molar-refractivity contribution in [1.29, 1.82) is 0 Å². The van der Waals surface area contributed by atoms with E-state index in [-0.39, 0.29) is 23.0 Å². The molecule has 3 aromatic rings. The lowest BCUT2D eigenvalue weighted by Gasteiger charge is -2.16. The minimum absolute atomic E-state index is 0.00157. The molecule has 4 rings (SSSR count). The number of nitrogens with zero attached hydrogens (tertiary/aromatic N) is 5. The van der Waals surface area contributed by atoms with Crippen molar-refractivity contribution in [2.45, 2.75) is 38.1 Å². The number of amides is 1. The van der Waals surface area contributed by atoms with Crippen LogP contribution in [0.25, 0.3) is 5.82 Å². The molecule has 1 N–H and O–H groups in total. The SMILES string of the molecule is COC(=O)c1cnc(-n2ncnc2C(C)NC(=O)c2cc(OC(F)(F)F)cc(C3CC3)c2)cn1. The Hall–Kier alpha value is -4.03. The Morgan fingerprint density at radius 2 is 1.91 bits per heavy atom. The summed E-state index contributed by atoms with van der Waals surface area (Å²) >= 11 is 0. The first-order chi connectivity index (χ1) is 16.1. The van der Waals surface area contributed by atoms with Crippen molar-refractivity contribution in [3.05, 3.63) is 59.6 Å². The van der Waals surface area contributed by atoms with Gasteiger partial charge in [-0.25, -0.2) is 19.7 Å². The van der Waals surface area contributed by atoms with Crippen molar-refractivity contribution >= 4 is 11.9 Å². The monoisotopic (exact) mass is 476 g/mol. The Morgan fingerprint density at radius 1 is 1.15 bits per heavy atom. The van der Waals surface area contributed by atoms with Gasteiger partial charge in [-0.2, -0.15) is 9.78 Å². The Labute approximate surface area is 191 Å². The summed E-state index contributed by atoms with van der Waals surface area (Å²) < 4.78 is 48.2. The zero-order valence-electron chi connectivity index (χ0n) is 18.0. The molecule has 0 aliphatic heterocycles. The van der Waals surface area contributed by atoms with Gasteiger partial charge in [-0.1, -0.05) is 0 Å². The molecule has 0 radical (unpaired) electrons. The van der Waals surface area contributed by atoms with Crippen LogP contribution in [0.4, 0.5) is 13.2 Å². The number of methoxy groups -OCH3 is 1. The van der Waals surface area contributed by atoms with Crippen LogP contribution in [0.1, 0.15) is 64.0 Å². The standard InChI is InChI=1S/C21H19F3N6O4/c1-11(18-27-10-28-30(18)17-9-25-16(8-26-17)20(32)33-2)29-19(31)14-5-13(12-3-4-12)6-15(7-14)34-21(22,23)24/h5-12H,3-4H2,1-2H3,(H,29,31). The van der Waals surface area contributed by atoms with Crippen LogP contribution in [-0.2, 0) is 4.74 Å². The molecule has 0 spiro atoms. The average molecular weight is 476 g/mol. The van der Waals surface area contributed by atoms with E-state index in [1.54, 1.807) is 13.0 Å². The summed E-state index contributed by atoms with van der Waals surface area (Å²) in [7, 11) is 1.22. The number of hydrogen-bond acceptors (Lipinski definition) is 8. The fourth-order valence-electron chi connectivity index (χ4n) is 3.31. The van der Waals surface area contributed by atoms with E-state index in [0.29, 0.717) is 11.4 Å². The highest BCUT2D eigenvalue weighted by Gasteiger charge is 2.33. The number of halogens is 3. The zero-order valence-corrected chi connectivity index (χ0v) is 18.0. The summed E-state index contributed by atoms with van der Waals surface area (Å²) in [5.74, 6) is -1.07. The van der Waals surface area contributed by atoms with Gasteiger partial charge < -0.3 is 14.8 Å². The predicted molar refractivity (Wildman–Crippen MR) is 109 cm³/mol. The van der Waals surface area contributed by atoms with Crippen molar-refractivity contribution in [3.63, 3.8) is 0 Å². The second kappa shape index (κ2) is 9.08. The van der Waals surface area contributed by atoms with Gasteiger partial charge in [0, 0.05) is 5.56 Å². The van der Waals surface area contributed by atoms with Crippen molar-refractivity contribution in [3.8, 4) is 11.6 Å². The van der Waals surface area contributed by atoms with Gasteiger partial charge in [0.25, 0.3) is 5.91 Å². The molecule has 1 fully saturated rings. The largest absolute Gasteiger partial charge is 0.573 e. The highest BCUT2D eigenvalue weighted by atomic mass is 19.4. The molecule has 1 aliphatic rings. The Bertz CT molecular complexity index is 1210. The predicted octanol–water partition coefficient (Wildman–Crippen LogP) is 3.11. The van der Waals surface area contributed by atoms with Crippen LogP contribution in [0.5, 0.6) is 5.75 Å². The maximum atomic E-state index is 12.9. The summed E-state index contributed by atoms with van der Waals surface area (Å²) in [5.41, 5.74) is 0.647. The van der Waals surface area contributed by atoms with E-state index < -0.39 is 30.0 Å². The van der Waals surface area contributed by atoms with Crippen LogP contribution < -0.4 is 10.1 Å². The average Bonchev–Trinajstić information content (AvgIpc) is 3.53. The number of carbonyl (C=O) groups excluding carboxylic acids is 2. The van der Waals surface area contributed by atoms with Gasteiger partial charge in [0.15, 0.2) is 17.3 Å². The minimum Gasteiger partial charge on any atom is -0.464 e. The number of rotatable bonds is 7. The first-order valence-electron chi connectivity index (χ1n) is 10.2. The Morgan fingerprint density at radius 3 is 2.53 bits per heavy atom. The number of aromatic nitrogens is 5. The van der Waals surface area contributed by atoms with Crippen LogP contribution in [0.3, 0.4) is 0 Å². The number of hydrogen-bond donors (Lipinski definition) is 1. The van der Waals surface area contributed by atoms with Gasteiger partial charge in [-0.05, 0) is 49.4 Å². The van der Waals surface area contributed by atoms with Gasteiger partial charge in [-0.15, -0.1) is 13.2 Å². The summed E-state index contributed by atoms with van der Waals surface area (Å²) in [6.07, 6.45) is 0.554. The first-order valence-corrected chi connectivity index (χ1v) is 10.2. The molecule has 1 aromatic carbocycles. The molecule has 1 amide bonds. The molecule has 13 heteroatoms. The molecule has 1 saturated carbocycles.